The molecule has 212 valence electrons. The van der Waals surface area contributed by atoms with E-state index in [1.165, 1.54) is 11.8 Å². The number of ether oxygens (including phenoxy) is 4. The lowest BCUT2D eigenvalue weighted by molar-refractivity contribution is -0.143. The molecule has 2 aliphatic rings. The molecule has 1 amide bonds. The van der Waals surface area contributed by atoms with Gasteiger partial charge in [0.15, 0.2) is 16.7 Å². The first-order chi connectivity index (χ1) is 19.3. The molecule has 2 aromatic rings. The Morgan fingerprint density at radius 1 is 1.10 bits per heavy atom. The summed E-state index contributed by atoms with van der Waals surface area (Å²) in [5, 5.41) is 5.45. The van der Waals surface area contributed by atoms with Crippen molar-refractivity contribution in [2.45, 2.75) is 45.9 Å². The van der Waals surface area contributed by atoms with Crippen LogP contribution in [0.5, 0.6) is 11.5 Å². The van der Waals surface area contributed by atoms with Crippen molar-refractivity contribution in [3.8, 4) is 11.5 Å². The van der Waals surface area contributed by atoms with Crippen LogP contribution < -0.4 is 14.8 Å². The third-order valence-corrected chi connectivity index (χ3v) is 7.16. The normalized spacial score (nSPS) is 16.4. The average Bonchev–Trinajstić information content (AvgIpc) is 3.32. The number of thioether (sulfide) groups is 1. The first-order valence-corrected chi connectivity index (χ1v) is 14.0. The molecule has 10 heteroatoms. The van der Waals surface area contributed by atoms with Crippen molar-refractivity contribution in [3.63, 3.8) is 0 Å². The lowest BCUT2D eigenvalue weighted by atomic mass is 9.93. The smallest absolute Gasteiger partial charge is 0.338 e. The van der Waals surface area contributed by atoms with Crippen molar-refractivity contribution >= 4 is 28.8 Å². The molecule has 0 bridgehead atoms. The molecule has 1 unspecified atom stereocenters. The maximum atomic E-state index is 13.4. The van der Waals surface area contributed by atoms with Crippen molar-refractivity contribution in [3.05, 3.63) is 82.0 Å². The maximum absolute atomic E-state index is 13.4. The molecule has 2 aromatic carbocycles. The van der Waals surface area contributed by atoms with E-state index in [4.69, 9.17) is 23.9 Å². The predicted octanol–water partition coefficient (Wildman–Crippen LogP) is 4.95. The molecule has 0 spiro atoms. The number of nitrogens with one attached hydrogen (secondary N) is 1. The average molecular weight is 566 g/mol. The van der Waals surface area contributed by atoms with Crippen LogP contribution in [0.1, 0.15) is 44.4 Å². The summed E-state index contributed by atoms with van der Waals surface area (Å²) in [5.41, 5.74) is 3.52. The standard InChI is InChI=1S/C30H35N3O6S/c1-19(2)39-29(35)27-20(3)32-30-33(23(18-40-30)16-26(34)31-13-14-36-4)28(27)22-11-12-24(25(15-22)37-5)38-17-21-9-7-6-8-10-21/h6-12,15,18-19,28H,13-14,16-17H2,1-5H3,(H,31,34). The number of amidine groups is 1. The number of benzene rings is 2. The summed E-state index contributed by atoms with van der Waals surface area (Å²) in [6.45, 7) is 6.64. The SMILES string of the molecule is COCCNC(=O)CC1=CSC2=NC(C)=C(C(=O)OC(C)C)C(c3ccc(OCc4ccccc4)c(OC)c3)N12. The van der Waals surface area contributed by atoms with Gasteiger partial charge in [0.05, 0.1) is 43.6 Å². The second-order valence-corrected chi connectivity index (χ2v) is 10.4. The number of carbonyl (C=O) groups excluding carboxylic acids is 2. The first kappa shape index (κ1) is 29.2. The summed E-state index contributed by atoms with van der Waals surface area (Å²) >= 11 is 1.42. The van der Waals surface area contributed by atoms with Crippen molar-refractivity contribution in [2.24, 2.45) is 4.99 Å². The van der Waals surface area contributed by atoms with Crippen molar-refractivity contribution in [1.82, 2.24) is 10.2 Å². The molecular formula is C30H35N3O6S. The van der Waals surface area contributed by atoms with Gasteiger partial charge in [0.1, 0.15) is 6.61 Å². The van der Waals surface area contributed by atoms with Crippen LogP contribution in [0.25, 0.3) is 0 Å². The number of methoxy groups -OCH3 is 2. The third-order valence-electron chi connectivity index (χ3n) is 6.27. The molecular weight excluding hydrogens is 530 g/mol. The number of hydrogen-bond acceptors (Lipinski definition) is 9. The summed E-state index contributed by atoms with van der Waals surface area (Å²) < 4.78 is 22.5. The Balaban J connectivity index is 1.68. The number of rotatable bonds is 12. The highest BCUT2D eigenvalue weighted by Gasteiger charge is 2.41. The number of carbonyl (C=O) groups is 2. The van der Waals surface area contributed by atoms with Crippen LogP contribution in [0, 0.1) is 0 Å². The van der Waals surface area contributed by atoms with Gasteiger partial charge in [0, 0.05) is 19.4 Å². The number of esters is 1. The molecule has 0 saturated carbocycles. The van der Waals surface area contributed by atoms with Gasteiger partial charge in [-0.2, -0.15) is 0 Å². The predicted molar refractivity (Wildman–Crippen MR) is 155 cm³/mol. The monoisotopic (exact) mass is 565 g/mol. The van der Waals surface area contributed by atoms with Gasteiger partial charge >= 0.3 is 5.97 Å². The van der Waals surface area contributed by atoms with Gasteiger partial charge < -0.3 is 29.2 Å². The van der Waals surface area contributed by atoms with Gasteiger partial charge in [-0.15, -0.1) is 0 Å². The van der Waals surface area contributed by atoms with Crippen LogP contribution in [0.2, 0.25) is 0 Å². The Morgan fingerprint density at radius 3 is 2.58 bits per heavy atom. The Kier molecular flexibility index (Phi) is 9.89. The van der Waals surface area contributed by atoms with Crippen LogP contribution >= 0.6 is 11.8 Å². The van der Waals surface area contributed by atoms with Gasteiger partial charge in [-0.3, -0.25) is 4.79 Å². The maximum Gasteiger partial charge on any atom is 0.338 e. The van der Waals surface area contributed by atoms with Gasteiger partial charge in [-0.05, 0) is 49.4 Å². The number of fused-ring (bicyclic) bond motifs is 1. The molecule has 4 rings (SSSR count). The summed E-state index contributed by atoms with van der Waals surface area (Å²) in [6.07, 6.45) is -0.190. The lowest BCUT2D eigenvalue weighted by Gasteiger charge is -2.36. The van der Waals surface area contributed by atoms with E-state index in [1.54, 1.807) is 21.1 Å². The van der Waals surface area contributed by atoms with Crippen LogP contribution in [0.15, 0.2) is 75.9 Å². The van der Waals surface area contributed by atoms with Crippen LogP contribution in [0.3, 0.4) is 0 Å². The van der Waals surface area contributed by atoms with Gasteiger partial charge in [-0.1, -0.05) is 48.2 Å². The Bertz CT molecular complexity index is 1320. The molecule has 9 nitrogen and oxygen atoms in total. The fraction of sp³-hybridized carbons (Fsp3) is 0.367. The van der Waals surface area contributed by atoms with E-state index in [2.05, 4.69) is 5.32 Å². The van der Waals surface area contributed by atoms with E-state index in [1.807, 2.05) is 72.7 Å². The lowest BCUT2D eigenvalue weighted by Crippen LogP contribution is -2.38. The quantitative estimate of drug-likeness (QED) is 0.285. The molecule has 0 fully saturated rings. The number of allylic oxidation sites excluding steroid dienone is 1. The van der Waals surface area contributed by atoms with E-state index < -0.39 is 12.0 Å². The Morgan fingerprint density at radius 2 is 1.88 bits per heavy atom. The Labute approximate surface area is 239 Å². The molecule has 40 heavy (non-hydrogen) atoms. The highest BCUT2D eigenvalue weighted by Crippen LogP contribution is 2.46. The molecule has 0 aliphatic carbocycles. The van der Waals surface area contributed by atoms with Crippen LogP contribution in [-0.2, 0) is 25.7 Å². The van der Waals surface area contributed by atoms with E-state index in [-0.39, 0.29) is 18.4 Å². The second-order valence-electron chi connectivity index (χ2n) is 9.55. The van der Waals surface area contributed by atoms with Gasteiger partial charge in [-0.25, -0.2) is 9.79 Å². The molecule has 0 saturated heterocycles. The van der Waals surface area contributed by atoms with Gasteiger partial charge in [0.2, 0.25) is 5.91 Å². The first-order valence-electron chi connectivity index (χ1n) is 13.1. The van der Waals surface area contributed by atoms with E-state index in [9.17, 15) is 9.59 Å². The summed E-state index contributed by atoms with van der Waals surface area (Å²) in [7, 11) is 3.17. The fourth-order valence-electron chi connectivity index (χ4n) is 4.45. The van der Waals surface area contributed by atoms with Gasteiger partial charge in [0.25, 0.3) is 0 Å². The molecule has 0 aromatic heterocycles. The largest absolute Gasteiger partial charge is 0.493 e. The number of nitrogens with zero attached hydrogens (tertiary/aromatic N) is 2. The summed E-state index contributed by atoms with van der Waals surface area (Å²) in [5.74, 6) is 0.505. The van der Waals surface area contributed by atoms with Crippen molar-refractivity contribution in [2.75, 3.05) is 27.4 Å². The molecule has 0 radical (unpaired) electrons. The minimum Gasteiger partial charge on any atom is -0.493 e. The topological polar surface area (TPSA) is 98.7 Å². The molecule has 1 atom stereocenters. The molecule has 2 aliphatic heterocycles. The summed E-state index contributed by atoms with van der Waals surface area (Å²) in [4.78, 5) is 32.8. The minimum atomic E-state index is -0.580. The third kappa shape index (κ3) is 6.86. The molecule has 1 N–H and O–H groups in total. The zero-order valence-electron chi connectivity index (χ0n) is 23.4. The van der Waals surface area contributed by atoms with E-state index >= 15 is 0 Å². The van der Waals surface area contributed by atoms with Crippen molar-refractivity contribution < 1.29 is 28.5 Å². The van der Waals surface area contributed by atoms with Crippen LogP contribution in [0.4, 0.5) is 0 Å². The van der Waals surface area contributed by atoms with Crippen LogP contribution in [-0.4, -0.2) is 55.4 Å². The fourth-order valence-corrected chi connectivity index (χ4v) is 5.42. The zero-order valence-corrected chi connectivity index (χ0v) is 24.2. The minimum absolute atomic E-state index is 0.118. The van der Waals surface area contributed by atoms with E-state index in [0.29, 0.717) is 47.7 Å². The Hall–Kier alpha value is -3.76. The number of aliphatic imine (C=N–C) groups is 1. The number of amides is 1. The molecule has 2 heterocycles. The highest BCUT2D eigenvalue weighted by atomic mass is 32.2. The second kappa shape index (κ2) is 13.5. The zero-order chi connectivity index (χ0) is 28.6. The van der Waals surface area contributed by atoms with E-state index in [0.717, 1.165) is 16.8 Å². The highest BCUT2D eigenvalue weighted by molar-refractivity contribution is 8.16. The van der Waals surface area contributed by atoms with Crippen molar-refractivity contribution in [1.29, 1.82) is 0 Å². The summed E-state index contributed by atoms with van der Waals surface area (Å²) in [6, 6.07) is 14.9. The number of hydrogen-bond donors (Lipinski definition) is 1.